The number of esters is 1. The molecule has 0 unspecified atom stereocenters. The summed E-state index contributed by atoms with van der Waals surface area (Å²) in [6, 6.07) is 3.91. The van der Waals surface area contributed by atoms with E-state index >= 15 is 0 Å². The zero-order valence-electron chi connectivity index (χ0n) is 15.6. The minimum atomic E-state index is -1.07. The lowest BCUT2D eigenvalue weighted by Gasteiger charge is -2.21. The zero-order chi connectivity index (χ0) is 20.4. The predicted octanol–water partition coefficient (Wildman–Crippen LogP) is 2.47. The number of halogens is 1. The van der Waals surface area contributed by atoms with Crippen molar-refractivity contribution in [1.82, 2.24) is 4.90 Å². The van der Waals surface area contributed by atoms with Crippen LogP contribution in [0.5, 0.6) is 0 Å². The average Bonchev–Trinajstić information content (AvgIpc) is 2.92. The number of nitrogens with one attached hydrogen (secondary N) is 1. The molecule has 1 aromatic rings. The number of likely N-dealkylation sites (tertiary alicyclic amines) is 1. The van der Waals surface area contributed by atoms with Crippen LogP contribution in [0, 0.1) is 18.8 Å². The van der Waals surface area contributed by atoms with E-state index in [0.717, 1.165) is 10.5 Å². The van der Waals surface area contributed by atoms with Crippen molar-refractivity contribution in [1.29, 1.82) is 0 Å². The molecule has 2 aliphatic rings. The molecule has 3 amide bonds. The highest BCUT2D eigenvalue weighted by atomic mass is 35.5. The van der Waals surface area contributed by atoms with Gasteiger partial charge in [0.2, 0.25) is 11.8 Å². The van der Waals surface area contributed by atoms with Crippen LogP contribution in [0.3, 0.4) is 0 Å². The average molecular weight is 405 g/mol. The lowest BCUT2D eigenvalue weighted by molar-refractivity contribution is -0.159. The Kier molecular flexibility index (Phi) is 5.84. The molecule has 1 aliphatic carbocycles. The van der Waals surface area contributed by atoms with Crippen molar-refractivity contribution in [3.63, 3.8) is 0 Å². The van der Waals surface area contributed by atoms with Crippen molar-refractivity contribution < 1.29 is 23.9 Å². The molecule has 1 fully saturated rings. The van der Waals surface area contributed by atoms with Crippen molar-refractivity contribution in [2.24, 2.45) is 11.8 Å². The third-order valence-electron chi connectivity index (χ3n) is 5.08. The Bertz CT molecular complexity index is 840. The van der Waals surface area contributed by atoms with Crippen LogP contribution >= 0.6 is 11.6 Å². The maximum Gasteiger partial charge on any atom is 0.329 e. The number of ether oxygens (including phenoxy) is 1. The molecule has 1 N–H and O–H groups in total. The van der Waals surface area contributed by atoms with Crippen molar-refractivity contribution in [2.75, 3.05) is 11.9 Å². The maximum absolute atomic E-state index is 12.5. The summed E-state index contributed by atoms with van der Waals surface area (Å²) in [7, 11) is 0. The summed E-state index contributed by atoms with van der Waals surface area (Å²) >= 11 is 5.88. The number of hydrogen-bond acceptors (Lipinski definition) is 5. The first kappa shape index (κ1) is 20.1. The molecule has 0 bridgehead atoms. The number of carbonyl (C=O) groups is 4. The molecule has 1 heterocycles. The number of anilines is 1. The molecule has 28 heavy (non-hydrogen) atoms. The molecule has 3 rings (SSSR count). The summed E-state index contributed by atoms with van der Waals surface area (Å²) in [6.45, 7) is 2.70. The number of aryl methyl sites for hydroxylation is 1. The molecule has 148 valence electrons. The van der Waals surface area contributed by atoms with Crippen LogP contribution in [0.25, 0.3) is 0 Å². The Morgan fingerprint density at radius 2 is 1.82 bits per heavy atom. The fourth-order valence-electron chi connectivity index (χ4n) is 3.52. The first-order chi connectivity index (χ1) is 13.3. The highest BCUT2D eigenvalue weighted by Gasteiger charge is 2.50. The van der Waals surface area contributed by atoms with Crippen molar-refractivity contribution in [3.05, 3.63) is 40.9 Å². The largest absolute Gasteiger partial charge is 0.454 e. The van der Waals surface area contributed by atoms with E-state index < -0.39 is 36.4 Å². The fourth-order valence-corrected chi connectivity index (χ4v) is 3.75. The van der Waals surface area contributed by atoms with Crippen LogP contribution < -0.4 is 5.32 Å². The Balaban J connectivity index is 1.56. The molecule has 0 radical (unpaired) electrons. The van der Waals surface area contributed by atoms with Crippen LogP contribution in [0.1, 0.15) is 25.3 Å². The summed E-state index contributed by atoms with van der Waals surface area (Å²) < 4.78 is 5.03. The van der Waals surface area contributed by atoms with Gasteiger partial charge in [0.1, 0.15) is 6.04 Å². The highest BCUT2D eigenvalue weighted by molar-refractivity contribution is 6.30. The number of carbonyl (C=O) groups excluding carboxylic acids is 4. The monoisotopic (exact) mass is 404 g/mol. The Hall–Kier alpha value is -2.67. The molecular formula is C20H21ClN2O5. The number of fused-ring (bicyclic) bond motifs is 1. The second kappa shape index (κ2) is 8.14. The zero-order valence-corrected chi connectivity index (χ0v) is 16.4. The first-order valence-electron chi connectivity index (χ1n) is 9.04. The molecule has 3 atom stereocenters. The van der Waals surface area contributed by atoms with Gasteiger partial charge in [-0.25, -0.2) is 4.79 Å². The molecule has 1 aromatic carbocycles. The molecule has 1 aliphatic heterocycles. The van der Waals surface area contributed by atoms with Gasteiger partial charge in [-0.2, -0.15) is 0 Å². The number of imide groups is 1. The molecule has 1 saturated heterocycles. The Morgan fingerprint density at radius 3 is 2.39 bits per heavy atom. The first-order valence-corrected chi connectivity index (χ1v) is 9.42. The SMILES string of the molecule is Cc1cc(Cl)ccc1NC(=O)COC(=O)[C@H](C)N1C(=O)[C@@H]2CC=CC[C@H]2C1=O. The fraction of sp³-hybridized carbons (Fsp3) is 0.400. The van der Waals surface area contributed by atoms with Crippen LogP contribution in [-0.2, 0) is 23.9 Å². The number of benzene rings is 1. The standard InChI is InChI=1S/C20H21ClN2O5/c1-11-9-13(21)7-8-16(11)22-17(24)10-28-20(27)12(2)23-18(25)14-5-3-4-6-15(14)19(23)26/h3-4,7-9,12,14-15H,5-6,10H2,1-2H3,(H,22,24)/t12-,14+,15+/m0/s1. The molecule has 0 spiro atoms. The van der Waals surface area contributed by atoms with E-state index in [1.165, 1.54) is 6.92 Å². The van der Waals surface area contributed by atoms with E-state index in [1.807, 2.05) is 12.2 Å². The van der Waals surface area contributed by atoms with Crippen molar-refractivity contribution in [2.45, 2.75) is 32.7 Å². The van der Waals surface area contributed by atoms with Crippen LogP contribution in [0.4, 0.5) is 5.69 Å². The lowest BCUT2D eigenvalue weighted by Crippen LogP contribution is -2.45. The van der Waals surface area contributed by atoms with E-state index in [0.29, 0.717) is 23.6 Å². The van der Waals surface area contributed by atoms with Gasteiger partial charge in [-0.15, -0.1) is 0 Å². The van der Waals surface area contributed by atoms with E-state index in [-0.39, 0.29) is 11.8 Å². The second-order valence-electron chi connectivity index (χ2n) is 6.99. The third kappa shape index (κ3) is 3.94. The van der Waals surface area contributed by atoms with E-state index in [1.54, 1.807) is 25.1 Å². The second-order valence-corrected chi connectivity index (χ2v) is 7.43. The Morgan fingerprint density at radius 1 is 1.21 bits per heavy atom. The van der Waals surface area contributed by atoms with Gasteiger partial charge in [-0.1, -0.05) is 23.8 Å². The van der Waals surface area contributed by atoms with Gasteiger partial charge in [-0.3, -0.25) is 19.3 Å². The maximum atomic E-state index is 12.5. The summed E-state index contributed by atoms with van der Waals surface area (Å²) in [4.78, 5) is 50.4. The molecular weight excluding hydrogens is 384 g/mol. The summed E-state index contributed by atoms with van der Waals surface area (Å²) in [5.74, 6) is -2.86. The number of rotatable bonds is 5. The number of allylic oxidation sites excluding steroid dienone is 2. The lowest BCUT2D eigenvalue weighted by atomic mass is 9.85. The highest BCUT2D eigenvalue weighted by Crippen LogP contribution is 2.36. The Labute approximate surface area is 167 Å². The summed E-state index contributed by atoms with van der Waals surface area (Å²) in [5.41, 5.74) is 1.32. The van der Waals surface area contributed by atoms with Gasteiger partial charge in [0, 0.05) is 10.7 Å². The van der Waals surface area contributed by atoms with Crippen LogP contribution in [0.15, 0.2) is 30.4 Å². The van der Waals surface area contributed by atoms with Gasteiger partial charge < -0.3 is 10.1 Å². The minimum Gasteiger partial charge on any atom is -0.454 e. The predicted molar refractivity (Wildman–Crippen MR) is 102 cm³/mol. The molecule has 0 saturated carbocycles. The normalized spacial score (nSPS) is 22.0. The quantitative estimate of drug-likeness (QED) is 0.462. The van der Waals surface area contributed by atoms with Gasteiger partial charge >= 0.3 is 5.97 Å². The van der Waals surface area contributed by atoms with E-state index in [4.69, 9.17) is 16.3 Å². The van der Waals surface area contributed by atoms with E-state index in [9.17, 15) is 19.2 Å². The molecule has 7 nitrogen and oxygen atoms in total. The number of nitrogens with zero attached hydrogens (tertiary/aromatic N) is 1. The van der Waals surface area contributed by atoms with Gasteiger partial charge in [0.15, 0.2) is 6.61 Å². The third-order valence-corrected chi connectivity index (χ3v) is 5.31. The topological polar surface area (TPSA) is 92.8 Å². The van der Waals surface area contributed by atoms with Gasteiger partial charge in [0.25, 0.3) is 5.91 Å². The van der Waals surface area contributed by atoms with E-state index in [2.05, 4.69) is 5.32 Å². The van der Waals surface area contributed by atoms with Gasteiger partial charge in [-0.05, 0) is 50.5 Å². The number of hydrogen-bond donors (Lipinski definition) is 1. The smallest absolute Gasteiger partial charge is 0.329 e. The van der Waals surface area contributed by atoms with Crippen LogP contribution in [0.2, 0.25) is 5.02 Å². The summed E-state index contributed by atoms with van der Waals surface area (Å²) in [6.07, 6.45) is 4.75. The van der Waals surface area contributed by atoms with Crippen molar-refractivity contribution in [3.8, 4) is 0 Å². The number of amides is 3. The van der Waals surface area contributed by atoms with Crippen LogP contribution in [-0.4, -0.2) is 41.2 Å². The van der Waals surface area contributed by atoms with Crippen molar-refractivity contribution >= 4 is 41.0 Å². The van der Waals surface area contributed by atoms with Gasteiger partial charge in [0.05, 0.1) is 11.8 Å². The minimum absolute atomic E-state index is 0.356. The summed E-state index contributed by atoms with van der Waals surface area (Å²) in [5, 5.41) is 3.18. The molecule has 8 heteroatoms. The molecule has 0 aromatic heterocycles.